The van der Waals surface area contributed by atoms with Gasteiger partial charge in [0, 0.05) is 35.9 Å². The van der Waals surface area contributed by atoms with Crippen LogP contribution in [0, 0.1) is 0 Å². The molecule has 2 heterocycles. The number of halogens is 1. The van der Waals surface area contributed by atoms with Crippen molar-refractivity contribution in [2.75, 3.05) is 32.4 Å². The highest BCUT2D eigenvalue weighted by molar-refractivity contribution is 7.07. The molecule has 3 aromatic rings. The first kappa shape index (κ1) is 24.1. The zero-order chi connectivity index (χ0) is 24.2. The Balaban J connectivity index is 1.82. The molecule has 0 spiro atoms. The minimum absolute atomic E-state index is 0.129. The first-order valence-electron chi connectivity index (χ1n) is 10.7. The lowest BCUT2D eigenvalue weighted by atomic mass is 10.1. The van der Waals surface area contributed by atoms with E-state index in [0.717, 1.165) is 22.4 Å². The summed E-state index contributed by atoms with van der Waals surface area (Å²) in [6.07, 6.45) is 3.17. The van der Waals surface area contributed by atoms with Gasteiger partial charge in [-0.25, -0.2) is 4.79 Å². The predicted molar refractivity (Wildman–Crippen MR) is 134 cm³/mol. The second kappa shape index (κ2) is 10.5. The second-order valence-corrected chi connectivity index (χ2v) is 9.39. The van der Waals surface area contributed by atoms with E-state index in [1.54, 1.807) is 23.6 Å². The van der Waals surface area contributed by atoms with Crippen LogP contribution in [-0.4, -0.2) is 38.0 Å². The summed E-state index contributed by atoms with van der Waals surface area (Å²) in [5, 5.41) is 0.523. The summed E-state index contributed by atoms with van der Waals surface area (Å²) < 4.78 is 18.7. The lowest BCUT2D eigenvalue weighted by molar-refractivity contribution is -0.135. The molecule has 1 aliphatic rings. The number of carbonyl (C=O) groups excluding carboxylic acids is 1. The van der Waals surface area contributed by atoms with E-state index in [-0.39, 0.29) is 25.5 Å². The average molecular weight is 501 g/mol. The van der Waals surface area contributed by atoms with Crippen LogP contribution >= 0.6 is 22.9 Å². The van der Waals surface area contributed by atoms with Crippen LogP contribution in [0.2, 0.25) is 5.02 Å². The maximum Gasteiger partial charge on any atom is 0.333 e. The van der Waals surface area contributed by atoms with E-state index < -0.39 is 5.97 Å². The third-order valence-corrected chi connectivity index (χ3v) is 6.53. The molecule has 1 aromatic heterocycles. The molecule has 0 aliphatic carbocycles. The average Bonchev–Trinajstić information content (AvgIpc) is 3.08. The van der Waals surface area contributed by atoms with E-state index in [4.69, 9.17) is 25.8 Å². The van der Waals surface area contributed by atoms with Gasteiger partial charge in [0.05, 0.1) is 30.4 Å². The Morgan fingerprint density at radius 3 is 2.74 bits per heavy atom. The molecule has 7 nitrogen and oxygen atoms in total. The Morgan fingerprint density at radius 1 is 1.26 bits per heavy atom. The Bertz CT molecular complexity index is 1380. The maximum atomic E-state index is 13.4. The number of benzene rings is 2. The molecule has 0 bridgehead atoms. The fraction of sp³-hybridized carbons (Fsp3) is 0.280. The summed E-state index contributed by atoms with van der Waals surface area (Å²) in [5.41, 5.74) is 3.30. The van der Waals surface area contributed by atoms with Gasteiger partial charge in [-0.3, -0.25) is 9.36 Å². The highest BCUT2D eigenvalue weighted by Crippen LogP contribution is 2.31. The topological polar surface area (TPSA) is 70.0 Å². The molecule has 0 atom stereocenters. The highest BCUT2D eigenvalue weighted by Gasteiger charge is 2.18. The van der Waals surface area contributed by atoms with Gasteiger partial charge in [-0.1, -0.05) is 23.7 Å². The zero-order valence-corrected chi connectivity index (χ0v) is 20.7. The maximum absolute atomic E-state index is 13.4. The van der Waals surface area contributed by atoms with Crippen molar-refractivity contribution in [2.24, 2.45) is 0 Å². The SMILES string of the molecule is CCOC(=O)/C=c1\s/c(=C/c2ccc(N(C)C)cc2)c(=O)n1Cc1cc(Cl)cc2c1OCOC2. The van der Waals surface area contributed by atoms with Crippen molar-refractivity contribution in [3.8, 4) is 5.75 Å². The number of thiazole rings is 1. The molecular formula is C25H25ClN2O5S. The van der Waals surface area contributed by atoms with Gasteiger partial charge in [-0.15, -0.1) is 11.3 Å². The summed E-state index contributed by atoms with van der Waals surface area (Å²) in [6.45, 7) is 2.69. The van der Waals surface area contributed by atoms with E-state index in [1.165, 1.54) is 17.4 Å². The van der Waals surface area contributed by atoms with Crippen molar-refractivity contribution < 1.29 is 19.0 Å². The van der Waals surface area contributed by atoms with Crippen LogP contribution in [0.15, 0.2) is 41.2 Å². The van der Waals surface area contributed by atoms with Gasteiger partial charge in [0.1, 0.15) is 10.4 Å². The number of anilines is 1. The van der Waals surface area contributed by atoms with E-state index in [2.05, 4.69) is 0 Å². The highest BCUT2D eigenvalue weighted by atomic mass is 35.5. The molecule has 9 heteroatoms. The molecule has 0 N–H and O–H groups in total. The summed E-state index contributed by atoms with van der Waals surface area (Å²) >= 11 is 7.55. The predicted octanol–water partition coefficient (Wildman–Crippen LogP) is 2.72. The first-order valence-corrected chi connectivity index (χ1v) is 11.9. The van der Waals surface area contributed by atoms with Gasteiger partial charge in [-0.2, -0.15) is 0 Å². The van der Waals surface area contributed by atoms with E-state index in [0.29, 0.717) is 26.6 Å². The van der Waals surface area contributed by atoms with Crippen LogP contribution in [-0.2, 0) is 27.4 Å². The van der Waals surface area contributed by atoms with Crippen LogP contribution in [0.1, 0.15) is 23.6 Å². The zero-order valence-electron chi connectivity index (χ0n) is 19.2. The molecule has 0 saturated carbocycles. The fourth-order valence-corrected chi connectivity index (χ4v) is 4.94. The molecule has 2 aromatic carbocycles. The van der Waals surface area contributed by atoms with Crippen molar-refractivity contribution >= 4 is 46.7 Å². The molecule has 0 saturated heterocycles. The molecule has 4 rings (SSSR count). The van der Waals surface area contributed by atoms with E-state index in [9.17, 15) is 9.59 Å². The Kier molecular flexibility index (Phi) is 7.41. The van der Waals surface area contributed by atoms with Gasteiger partial charge in [0.25, 0.3) is 5.56 Å². The molecule has 0 amide bonds. The van der Waals surface area contributed by atoms with Crippen LogP contribution in [0.5, 0.6) is 5.75 Å². The van der Waals surface area contributed by atoms with E-state index >= 15 is 0 Å². The minimum atomic E-state index is -0.503. The molecule has 34 heavy (non-hydrogen) atoms. The number of aromatic nitrogens is 1. The Hall–Kier alpha value is -3.07. The number of rotatable bonds is 6. The normalized spacial score (nSPS) is 14.0. The number of fused-ring (bicyclic) bond motifs is 1. The number of hydrogen-bond donors (Lipinski definition) is 0. The number of hydrogen-bond acceptors (Lipinski definition) is 7. The summed E-state index contributed by atoms with van der Waals surface area (Å²) in [5.74, 6) is 0.151. The number of ether oxygens (including phenoxy) is 3. The van der Waals surface area contributed by atoms with Gasteiger partial charge < -0.3 is 19.1 Å². The summed E-state index contributed by atoms with van der Waals surface area (Å²) in [6, 6.07) is 11.4. The first-order chi connectivity index (χ1) is 16.4. The quantitative estimate of drug-likeness (QED) is 0.485. The summed E-state index contributed by atoms with van der Waals surface area (Å²) in [7, 11) is 3.94. The second-order valence-electron chi connectivity index (χ2n) is 7.89. The van der Waals surface area contributed by atoms with Gasteiger partial charge >= 0.3 is 5.97 Å². The van der Waals surface area contributed by atoms with Crippen molar-refractivity contribution in [3.63, 3.8) is 0 Å². The van der Waals surface area contributed by atoms with Gasteiger partial charge in [0.2, 0.25) is 0 Å². The molecule has 0 radical (unpaired) electrons. The summed E-state index contributed by atoms with van der Waals surface area (Å²) in [4.78, 5) is 27.7. The van der Waals surface area contributed by atoms with Crippen molar-refractivity contribution in [1.29, 1.82) is 0 Å². The molecular weight excluding hydrogens is 476 g/mol. The van der Waals surface area contributed by atoms with Crippen molar-refractivity contribution in [2.45, 2.75) is 20.1 Å². The number of esters is 1. The fourth-order valence-electron chi connectivity index (χ4n) is 3.64. The van der Waals surface area contributed by atoms with Crippen molar-refractivity contribution in [3.05, 3.63) is 77.7 Å². The van der Waals surface area contributed by atoms with Crippen LogP contribution in [0.25, 0.3) is 12.2 Å². The lowest BCUT2D eigenvalue weighted by Gasteiger charge is -2.21. The van der Waals surface area contributed by atoms with E-state index in [1.807, 2.05) is 49.3 Å². The standard InChI is InChI=1S/C25H25ClN2O5S/c1-4-32-23(29)12-22-28(13-17-10-19(26)11-18-14-31-15-33-24(17)18)25(30)21(34-22)9-16-5-7-20(8-6-16)27(2)3/h5-12H,4,13-15H2,1-3H3/b21-9+,22-12-. The van der Waals surface area contributed by atoms with Gasteiger partial charge in [0.15, 0.2) is 6.79 Å². The Labute approximate surface area is 206 Å². The molecule has 0 unspecified atom stereocenters. The third-order valence-electron chi connectivity index (χ3n) is 5.25. The van der Waals surface area contributed by atoms with Gasteiger partial charge in [-0.05, 0) is 42.8 Å². The van der Waals surface area contributed by atoms with Crippen LogP contribution in [0.4, 0.5) is 5.69 Å². The molecule has 178 valence electrons. The monoisotopic (exact) mass is 500 g/mol. The molecule has 1 aliphatic heterocycles. The van der Waals surface area contributed by atoms with Crippen molar-refractivity contribution in [1.82, 2.24) is 4.57 Å². The largest absolute Gasteiger partial charge is 0.467 e. The van der Waals surface area contributed by atoms with Crippen LogP contribution in [0.3, 0.4) is 0 Å². The molecule has 0 fully saturated rings. The smallest absolute Gasteiger partial charge is 0.333 e. The number of carbonyl (C=O) groups is 1. The minimum Gasteiger partial charge on any atom is -0.467 e. The Morgan fingerprint density at radius 2 is 2.03 bits per heavy atom. The lowest BCUT2D eigenvalue weighted by Crippen LogP contribution is -2.32. The number of nitrogens with zero attached hydrogens (tertiary/aromatic N) is 2. The van der Waals surface area contributed by atoms with Crippen LogP contribution < -0.4 is 24.4 Å². The third kappa shape index (κ3) is 5.35.